The summed E-state index contributed by atoms with van der Waals surface area (Å²) in [6.45, 7) is 4.14. The molecule has 0 aliphatic carbocycles. The van der Waals surface area contributed by atoms with Crippen LogP contribution >= 0.6 is 0 Å². The lowest BCUT2D eigenvalue weighted by atomic mass is 9.94. The number of carboxylic acids is 1. The largest absolute Gasteiger partial charge is 0.481 e. The highest BCUT2D eigenvalue weighted by Crippen LogP contribution is 2.17. The third-order valence-corrected chi connectivity index (χ3v) is 2.40. The van der Waals surface area contributed by atoms with E-state index in [1.165, 1.54) is 0 Å². The monoisotopic (exact) mass is 187 g/mol. The Morgan fingerprint density at radius 1 is 1.46 bits per heavy atom. The van der Waals surface area contributed by atoms with Crippen LogP contribution in [0.15, 0.2) is 0 Å². The summed E-state index contributed by atoms with van der Waals surface area (Å²) in [5, 5.41) is 8.66. The molecular weight excluding hydrogens is 166 g/mol. The lowest BCUT2D eigenvalue weighted by Gasteiger charge is -2.28. The summed E-state index contributed by atoms with van der Waals surface area (Å²) in [7, 11) is 4.03. The third kappa shape index (κ3) is 4.88. The maximum absolute atomic E-state index is 10.5. The van der Waals surface area contributed by atoms with E-state index in [1.54, 1.807) is 0 Å². The average Bonchev–Trinajstić information content (AvgIpc) is 1.97. The number of carboxylic acid groups (broad SMARTS) is 1. The minimum absolute atomic E-state index is 0.229. The predicted octanol–water partition coefficient (Wildman–Crippen LogP) is 1.83. The first-order valence-corrected chi connectivity index (χ1v) is 4.87. The molecule has 13 heavy (non-hydrogen) atoms. The molecule has 0 bridgehead atoms. The Morgan fingerprint density at radius 3 is 2.31 bits per heavy atom. The van der Waals surface area contributed by atoms with Crippen LogP contribution < -0.4 is 0 Å². The SMILES string of the molecule is CCCC(C(C)CC(=O)O)N(C)C. The first-order chi connectivity index (χ1) is 5.99. The van der Waals surface area contributed by atoms with Gasteiger partial charge in [0.1, 0.15) is 0 Å². The summed E-state index contributed by atoms with van der Waals surface area (Å²) in [5.74, 6) is -0.470. The molecular formula is C10H21NO2. The van der Waals surface area contributed by atoms with Gasteiger partial charge in [0.25, 0.3) is 0 Å². The van der Waals surface area contributed by atoms with E-state index < -0.39 is 5.97 Å². The Kier molecular flexibility index (Phi) is 5.71. The first kappa shape index (κ1) is 12.4. The number of hydrogen-bond acceptors (Lipinski definition) is 2. The molecule has 0 aromatic rings. The molecule has 0 aliphatic rings. The van der Waals surface area contributed by atoms with Gasteiger partial charge in [-0.3, -0.25) is 4.79 Å². The van der Waals surface area contributed by atoms with Crippen molar-refractivity contribution in [2.24, 2.45) is 5.92 Å². The van der Waals surface area contributed by atoms with Crippen molar-refractivity contribution >= 4 is 5.97 Å². The van der Waals surface area contributed by atoms with E-state index in [9.17, 15) is 4.79 Å². The number of carbonyl (C=O) groups is 1. The van der Waals surface area contributed by atoms with Crippen LogP contribution in [0.3, 0.4) is 0 Å². The summed E-state index contributed by atoms with van der Waals surface area (Å²) in [5.41, 5.74) is 0. The molecule has 2 unspecified atom stereocenters. The van der Waals surface area contributed by atoms with Gasteiger partial charge in [-0.2, -0.15) is 0 Å². The Bertz CT molecular complexity index is 157. The Hall–Kier alpha value is -0.570. The summed E-state index contributed by atoms with van der Waals surface area (Å²) < 4.78 is 0. The second kappa shape index (κ2) is 5.97. The highest BCUT2D eigenvalue weighted by Gasteiger charge is 2.20. The molecule has 0 aromatic heterocycles. The van der Waals surface area contributed by atoms with E-state index in [0.717, 1.165) is 12.8 Å². The van der Waals surface area contributed by atoms with Crippen LogP contribution in [0.4, 0.5) is 0 Å². The highest BCUT2D eigenvalue weighted by atomic mass is 16.4. The minimum Gasteiger partial charge on any atom is -0.481 e. The number of rotatable bonds is 6. The van der Waals surface area contributed by atoms with Gasteiger partial charge < -0.3 is 10.0 Å². The predicted molar refractivity (Wildman–Crippen MR) is 53.8 cm³/mol. The third-order valence-electron chi connectivity index (χ3n) is 2.40. The molecule has 3 heteroatoms. The van der Waals surface area contributed by atoms with Gasteiger partial charge in [-0.1, -0.05) is 20.3 Å². The molecule has 0 aliphatic heterocycles. The van der Waals surface area contributed by atoms with Crippen molar-refractivity contribution in [3.8, 4) is 0 Å². The smallest absolute Gasteiger partial charge is 0.303 e. The zero-order chi connectivity index (χ0) is 10.4. The van der Waals surface area contributed by atoms with E-state index >= 15 is 0 Å². The molecule has 0 aromatic carbocycles. The molecule has 3 nitrogen and oxygen atoms in total. The normalized spacial score (nSPS) is 15.8. The molecule has 0 fully saturated rings. The molecule has 0 saturated carbocycles. The molecule has 0 saturated heterocycles. The summed E-state index contributed by atoms with van der Waals surface area (Å²) in [4.78, 5) is 12.6. The fourth-order valence-corrected chi connectivity index (χ4v) is 1.76. The second-order valence-corrected chi connectivity index (χ2v) is 3.89. The summed E-state index contributed by atoms with van der Waals surface area (Å²) in [6, 6.07) is 0.390. The molecule has 0 amide bonds. The maximum Gasteiger partial charge on any atom is 0.303 e. The summed E-state index contributed by atoms with van der Waals surface area (Å²) in [6.07, 6.45) is 2.44. The van der Waals surface area contributed by atoms with Gasteiger partial charge in [-0.05, 0) is 26.4 Å². The van der Waals surface area contributed by atoms with E-state index in [-0.39, 0.29) is 12.3 Å². The molecule has 2 atom stereocenters. The van der Waals surface area contributed by atoms with Crippen molar-refractivity contribution in [2.45, 2.75) is 39.2 Å². The van der Waals surface area contributed by atoms with Gasteiger partial charge in [0.05, 0.1) is 0 Å². The van der Waals surface area contributed by atoms with Gasteiger partial charge >= 0.3 is 5.97 Å². The minimum atomic E-state index is -0.699. The molecule has 1 N–H and O–H groups in total. The van der Waals surface area contributed by atoms with Crippen LogP contribution in [0.2, 0.25) is 0 Å². The number of hydrogen-bond donors (Lipinski definition) is 1. The molecule has 0 spiro atoms. The highest BCUT2D eigenvalue weighted by molar-refractivity contribution is 5.67. The van der Waals surface area contributed by atoms with Gasteiger partial charge in [0.15, 0.2) is 0 Å². The van der Waals surface area contributed by atoms with Gasteiger partial charge in [0, 0.05) is 12.5 Å². The van der Waals surface area contributed by atoms with Crippen molar-refractivity contribution in [2.75, 3.05) is 14.1 Å². The van der Waals surface area contributed by atoms with Crippen LogP contribution in [0, 0.1) is 5.92 Å². The van der Waals surface area contributed by atoms with Crippen molar-refractivity contribution in [1.82, 2.24) is 4.90 Å². The molecule has 0 radical (unpaired) electrons. The summed E-state index contributed by atoms with van der Waals surface area (Å²) >= 11 is 0. The zero-order valence-electron chi connectivity index (χ0n) is 9.08. The van der Waals surface area contributed by atoms with Gasteiger partial charge in [-0.25, -0.2) is 0 Å². The Labute approximate surface area is 80.7 Å². The molecule has 78 valence electrons. The first-order valence-electron chi connectivity index (χ1n) is 4.87. The van der Waals surface area contributed by atoms with E-state index in [2.05, 4.69) is 11.8 Å². The van der Waals surface area contributed by atoms with Crippen LogP contribution in [0.5, 0.6) is 0 Å². The van der Waals surface area contributed by atoms with E-state index in [1.807, 2.05) is 21.0 Å². The second-order valence-electron chi connectivity index (χ2n) is 3.89. The van der Waals surface area contributed by atoms with E-state index in [0.29, 0.717) is 6.04 Å². The Balaban J connectivity index is 4.10. The fourth-order valence-electron chi connectivity index (χ4n) is 1.76. The van der Waals surface area contributed by atoms with Crippen molar-refractivity contribution in [1.29, 1.82) is 0 Å². The van der Waals surface area contributed by atoms with Crippen molar-refractivity contribution < 1.29 is 9.90 Å². The Morgan fingerprint density at radius 2 is 2.00 bits per heavy atom. The van der Waals surface area contributed by atoms with Crippen LogP contribution in [-0.2, 0) is 4.79 Å². The quantitative estimate of drug-likeness (QED) is 0.689. The van der Waals surface area contributed by atoms with Crippen molar-refractivity contribution in [3.63, 3.8) is 0 Å². The number of aliphatic carboxylic acids is 1. The fraction of sp³-hybridized carbons (Fsp3) is 0.900. The van der Waals surface area contributed by atoms with Crippen molar-refractivity contribution in [3.05, 3.63) is 0 Å². The molecule has 0 rings (SSSR count). The van der Waals surface area contributed by atoms with Gasteiger partial charge in [0.2, 0.25) is 0 Å². The molecule has 0 heterocycles. The standard InChI is InChI=1S/C10H21NO2/c1-5-6-9(11(3)4)8(2)7-10(12)13/h8-9H,5-7H2,1-4H3,(H,12,13). The van der Waals surface area contributed by atoms with Crippen LogP contribution in [-0.4, -0.2) is 36.1 Å². The van der Waals surface area contributed by atoms with E-state index in [4.69, 9.17) is 5.11 Å². The zero-order valence-corrected chi connectivity index (χ0v) is 9.08. The lowest BCUT2D eigenvalue weighted by Crippen LogP contribution is -2.34. The lowest BCUT2D eigenvalue weighted by molar-refractivity contribution is -0.138. The van der Waals surface area contributed by atoms with Crippen LogP contribution in [0.25, 0.3) is 0 Å². The van der Waals surface area contributed by atoms with Gasteiger partial charge in [-0.15, -0.1) is 0 Å². The topological polar surface area (TPSA) is 40.5 Å². The maximum atomic E-state index is 10.5. The number of nitrogens with zero attached hydrogens (tertiary/aromatic N) is 1. The van der Waals surface area contributed by atoms with Crippen LogP contribution in [0.1, 0.15) is 33.1 Å². The average molecular weight is 187 g/mol.